The lowest BCUT2D eigenvalue weighted by Crippen LogP contribution is -2.37. The SMILES string of the molecule is CCCCC1(CCCO)COP(=O)(c2ccccc2)OC1. The van der Waals surface area contributed by atoms with Crippen molar-refractivity contribution in [2.24, 2.45) is 5.41 Å². The normalized spacial score (nSPS) is 29.4. The van der Waals surface area contributed by atoms with Gasteiger partial charge >= 0.3 is 7.60 Å². The van der Waals surface area contributed by atoms with Crippen LogP contribution in [0.15, 0.2) is 30.3 Å². The Morgan fingerprint density at radius 1 is 1.14 bits per heavy atom. The van der Waals surface area contributed by atoms with Crippen LogP contribution in [0.5, 0.6) is 0 Å². The number of aliphatic hydroxyl groups is 1. The van der Waals surface area contributed by atoms with Gasteiger partial charge in [0.2, 0.25) is 0 Å². The minimum absolute atomic E-state index is 0.110. The van der Waals surface area contributed by atoms with Crippen LogP contribution in [0, 0.1) is 5.41 Å². The Bertz CT molecular complexity index is 452. The first-order chi connectivity index (χ1) is 10.1. The highest BCUT2D eigenvalue weighted by molar-refractivity contribution is 7.62. The molecule has 0 saturated carbocycles. The van der Waals surface area contributed by atoms with E-state index in [2.05, 4.69) is 6.92 Å². The van der Waals surface area contributed by atoms with Gasteiger partial charge in [0.05, 0.1) is 18.5 Å². The van der Waals surface area contributed by atoms with E-state index in [0.717, 1.165) is 32.1 Å². The van der Waals surface area contributed by atoms with Crippen molar-refractivity contribution in [2.75, 3.05) is 19.8 Å². The van der Waals surface area contributed by atoms with Gasteiger partial charge in [0, 0.05) is 12.0 Å². The van der Waals surface area contributed by atoms with Gasteiger partial charge in [-0.2, -0.15) is 0 Å². The Balaban J connectivity index is 2.06. The molecule has 0 aromatic heterocycles. The molecule has 1 aliphatic heterocycles. The van der Waals surface area contributed by atoms with Gasteiger partial charge < -0.3 is 14.2 Å². The summed E-state index contributed by atoms with van der Waals surface area (Å²) in [5.41, 5.74) is -0.110. The van der Waals surface area contributed by atoms with E-state index >= 15 is 0 Å². The van der Waals surface area contributed by atoms with E-state index in [4.69, 9.17) is 14.2 Å². The highest BCUT2D eigenvalue weighted by atomic mass is 31.2. The highest BCUT2D eigenvalue weighted by Crippen LogP contribution is 2.54. The van der Waals surface area contributed by atoms with Crippen LogP contribution in [0.1, 0.15) is 39.0 Å². The van der Waals surface area contributed by atoms with E-state index in [0.29, 0.717) is 18.5 Å². The monoisotopic (exact) mass is 312 g/mol. The van der Waals surface area contributed by atoms with Crippen LogP contribution >= 0.6 is 7.60 Å². The molecule has 5 heteroatoms. The highest BCUT2D eigenvalue weighted by Gasteiger charge is 2.42. The van der Waals surface area contributed by atoms with Crippen LogP contribution in [0.4, 0.5) is 0 Å². The van der Waals surface area contributed by atoms with Crippen LogP contribution in [-0.4, -0.2) is 24.9 Å². The van der Waals surface area contributed by atoms with Gasteiger partial charge in [-0.05, 0) is 31.4 Å². The molecule has 1 aliphatic rings. The first-order valence-corrected chi connectivity index (χ1v) is 9.24. The molecule has 0 amide bonds. The lowest BCUT2D eigenvalue weighted by Gasteiger charge is -2.39. The number of hydrogen-bond acceptors (Lipinski definition) is 4. The Morgan fingerprint density at radius 2 is 1.76 bits per heavy atom. The van der Waals surface area contributed by atoms with Crippen LogP contribution in [0.3, 0.4) is 0 Å². The summed E-state index contributed by atoms with van der Waals surface area (Å²) in [5.74, 6) is 0. The largest absolute Gasteiger partial charge is 0.396 e. The summed E-state index contributed by atoms with van der Waals surface area (Å²) in [7, 11) is -3.17. The molecule has 1 fully saturated rings. The molecule has 1 aromatic carbocycles. The summed E-state index contributed by atoms with van der Waals surface area (Å²) in [6.07, 6.45) is 4.76. The van der Waals surface area contributed by atoms with Crippen molar-refractivity contribution in [1.82, 2.24) is 0 Å². The summed E-state index contributed by atoms with van der Waals surface area (Å²) in [4.78, 5) is 0. The average Bonchev–Trinajstić information content (AvgIpc) is 2.54. The summed E-state index contributed by atoms with van der Waals surface area (Å²) < 4.78 is 24.2. The van der Waals surface area contributed by atoms with E-state index in [1.807, 2.05) is 18.2 Å². The average molecular weight is 312 g/mol. The molecule has 0 radical (unpaired) electrons. The molecule has 21 heavy (non-hydrogen) atoms. The molecule has 1 aromatic rings. The molecule has 0 bridgehead atoms. The van der Waals surface area contributed by atoms with Crippen LogP contribution in [0.25, 0.3) is 0 Å². The van der Waals surface area contributed by atoms with Crippen molar-refractivity contribution >= 4 is 12.9 Å². The Hall–Kier alpha value is -0.670. The molecular formula is C16H25O4P. The third-order valence-corrected chi connectivity index (χ3v) is 5.95. The molecule has 1 saturated heterocycles. The van der Waals surface area contributed by atoms with E-state index in [9.17, 15) is 4.57 Å². The van der Waals surface area contributed by atoms with Crippen LogP contribution in [0.2, 0.25) is 0 Å². The molecule has 4 nitrogen and oxygen atoms in total. The van der Waals surface area contributed by atoms with Gasteiger partial charge in [0.1, 0.15) is 0 Å². The molecule has 0 unspecified atom stereocenters. The van der Waals surface area contributed by atoms with Crippen molar-refractivity contribution in [1.29, 1.82) is 0 Å². The zero-order valence-electron chi connectivity index (χ0n) is 12.7. The van der Waals surface area contributed by atoms with Crippen LogP contribution < -0.4 is 5.30 Å². The second-order valence-electron chi connectivity index (χ2n) is 5.81. The van der Waals surface area contributed by atoms with E-state index < -0.39 is 7.60 Å². The lowest BCUT2D eigenvalue weighted by molar-refractivity contribution is 0.00374. The fourth-order valence-electron chi connectivity index (χ4n) is 2.70. The first kappa shape index (κ1) is 16.7. The molecule has 1 N–H and O–H groups in total. The second-order valence-corrected chi connectivity index (χ2v) is 7.84. The van der Waals surface area contributed by atoms with Crippen molar-refractivity contribution in [3.05, 3.63) is 30.3 Å². The fourth-order valence-corrected chi connectivity index (χ4v) is 4.50. The number of rotatable bonds is 7. The molecule has 2 rings (SSSR count). The maximum absolute atomic E-state index is 12.8. The standard InChI is InChI=1S/C16H25O4P/c1-2-3-10-16(11-7-12-17)13-19-21(18,20-14-16)15-8-5-4-6-9-15/h4-6,8-9,17H,2-3,7,10-14H2,1H3. The molecule has 0 aliphatic carbocycles. The topological polar surface area (TPSA) is 55.8 Å². The van der Waals surface area contributed by atoms with Crippen molar-refractivity contribution in [3.63, 3.8) is 0 Å². The second kappa shape index (κ2) is 7.55. The van der Waals surface area contributed by atoms with Gasteiger partial charge in [0.15, 0.2) is 0 Å². The summed E-state index contributed by atoms with van der Waals surface area (Å²) in [6, 6.07) is 9.13. The van der Waals surface area contributed by atoms with Gasteiger partial charge in [-0.25, -0.2) is 0 Å². The lowest BCUT2D eigenvalue weighted by atomic mass is 9.80. The van der Waals surface area contributed by atoms with E-state index in [-0.39, 0.29) is 12.0 Å². The maximum atomic E-state index is 12.8. The Kier molecular flexibility index (Phi) is 6.00. The van der Waals surface area contributed by atoms with Gasteiger partial charge in [-0.3, -0.25) is 4.57 Å². The molecular weight excluding hydrogens is 287 g/mol. The van der Waals surface area contributed by atoms with E-state index in [1.54, 1.807) is 12.1 Å². The maximum Gasteiger partial charge on any atom is 0.361 e. The Labute approximate surface area is 127 Å². The van der Waals surface area contributed by atoms with E-state index in [1.165, 1.54) is 0 Å². The number of unbranched alkanes of at least 4 members (excludes halogenated alkanes) is 1. The van der Waals surface area contributed by atoms with Gasteiger partial charge in [-0.15, -0.1) is 0 Å². The van der Waals surface area contributed by atoms with Crippen molar-refractivity contribution in [3.8, 4) is 0 Å². The molecule has 118 valence electrons. The first-order valence-electron chi connectivity index (χ1n) is 7.70. The predicted octanol–water partition coefficient (Wildman–Crippen LogP) is 3.50. The third kappa shape index (κ3) is 4.17. The minimum Gasteiger partial charge on any atom is -0.396 e. The fraction of sp³-hybridized carbons (Fsp3) is 0.625. The molecule has 1 heterocycles. The van der Waals surface area contributed by atoms with Crippen molar-refractivity contribution in [2.45, 2.75) is 39.0 Å². The van der Waals surface area contributed by atoms with Crippen LogP contribution in [-0.2, 0) is 13.6 Å². The smallest absolute Gasteiger partial charge is 0.361 e. The number of aliphatic hydroxyl groups excluding tert-OH is 1. The molecule has 0 spiro atoms. The zero-order valence-corrected chi connectivity index (χ0v) is 13.6. The minimum atomic E-state index is -3.17. The summed E-state index contributed by atoms with van der Waals surface area (Å²) >= 11 is 0. The van der Waals surface area contributed by atoms with Gasteiger partial charge in [-0.1, -0.05) is 38.0 Å². The summed E-state index contributed by atoms with van der Waals surface area (Å²) in [6.45, 7) is 3.21. The number of hydrogen-bond donors (Lipinski definition) is 1. The zero-order chi connectivity index (χ0) is 15.2. The van der Waals surface area contributed by atoms with Gasteiger partial charge in [0.25, 0.3) is 0 Å². The predicted molar refractivity (Wildman–Crippen MR) is 83.9 cm³/mol. The summed E-state index contributed by atoms with van der Waals surface area (Å²) in [5, 5.41) is 9.70. The third-order valence-electron chi connectivity index (χ3n) is 4.08. The Morgan fingerprint density at radius 3 is 2.33 bits per heavy atom. The molecule has 0 atom stereocenters. The quantitative estimate of drug-likeness (QED) is 0.783. The number of benzene rings is 1. The van der Waals surface area contributed by atoms with Crippen molar-refractivity contribution < 1.29 is 18.7 Å².